The minimum absolute atomic E-state index is 0.119. The van der Waals surface area contributed by atoms with Crippen molar-refractivity contribution in [3.63, 3.8) is 0 Å². The van der Waals surface area contributed by atoms with Crippen LogP contribution in [0.2, 0.25) is 5.02 Å². The molecule has 0 radical (unpaired) electrons. The first-order chi connectivity index (χ1) is 12.7. The number of benzene rings is 2. The van der Waals surface area contributed by atoms with Gasteiger partial charge in [0.25, 0.3) is 0 Å². The van der Waals surface area contributed by atoms with Gasteiger partial charge in [0, 0.05) is 11.6 Å². The van der Waals surface area contributed by atoms with Gasteiger partial charge >= 0.3 is 0 Å². The van der Waals surface area contributed by atoms with E-state index in [0.717, 1.165) is 24.2 Å². The van der Waals surface area contributed by atoms with E-state index in [2.05, 4.69) is 22.7 Å². The van der Waals surface area contributed by atoms with E-state index < -0.39 is 0 Å². The van der Waals surface area contributed by atoms with E-state index in [1.54, 1.807) is 10.7 Å². The minimum Gasteiger partial charge on any atom is -0.309 e. The maximum absolute atomic E-state index is 12.3. The second kappa shape index (κ2) is 8.65. The molecule has 0 saturated carbocycles. The molecule has 5 nitrogen and oxygen atoms in total. The highest BCUT2D eigenvalue weighted by Crippen LogP contribution is 2.28. The van der Waals surface area contributed by atoms with Gasteiger partial charge in [0.15, 0.2) is 0 Å². The van der Waals surface area contributed by atoms with Gasteiger partial charge in [0.2, 0.25) is 5.91 Å². The molecule has 1 aromatic heterocycles. The summed E-state index contributed by atoms with van der Waals surface area (Å²) in [7, 11) is 0. The largest absolute Gasteiger partial charge is 0.309 e. The van der Waals surface area contributed by atoms with E-state index in [1.165, 1.54) is 0 Å². The summed E-state index contributed by atoms with van der Waals surface area (Å²) in [4.78, 5) is 12.3. The van der Waals surface area contributed by atoms with Crippen molar-refractivity contribution >= 4 is 23.3 Å². The second-order valence-electron chi connectivity index (χ2n) is 5.87. The normalized spacial score (nSPS) is 10.7. The van der Waals surface area contributed by atoms with Crippen molar-refractivity contribution in [2.45, 2.75) is 13.3 Å². The number of rotatable bonds is 7. The Kier molecular flexibility index (Phi) is 6.04. The number of aromatic nitrogens is 2. The fourth-order valence-corrected chi connectivity index (χ4v) is 2.81. The van der Waals surface area contributed by atoms with Gasteiger partial charge in [0.1, 0.15) is 5.82 Å². The van der Waals surface area contributed by atoms with Crippen molar-refractivity contribution in [3.05, 3.63) is 65.7 Å². The molecule has 134 valence electrons. The SMILES string of the molecule is CCCNCC(=O)Nc1cc(-c2ccccc2)nn1-c1ccccc1Cl. The number of amides is 1. The van der Waals surface area contributed by atoms with Crippen LogP contribution in [-0.2, 0) is 4.79 Å². The third-order valence-electron chi connectivity index (χ3n) is 3.84. The van der Waals surface area contributed by atoms with Gasteiger partial charge in [-0.15, -0.1) is 0 Å². The molecular formula is C20H21ClN4O. The highest BCUT2D eigenvalue weighted by Gasteiger charge is 2.15. The lowest BCUT2D eigenvalue weighted by Crippen LogP contribution is -2.29. The molecule has 1 amide bonds. The summed E-state index contributed by atoms with van der Waals surface area (Å²) in [6.07, 6.45) is 0.975. The summed E-state index contributed by atoms with van der Waals surface area (Å²) in [6.45, 7) is 3.11. The van der Waals surface area contributed by atoms with Crippen LogP contribution in [0.15, 0.2) is 60.7 Å². The van der Waals surface area contributed by atoms with Crippen LogP contribution in [0.3, 0.4) is 0 Å². The average Bonchev–Trinajstić information content (AvgIpc) is 3.06. The molecule has 0 unspecified atom stereocenters. The molecule has 1 heterocycles. The van der Waals surface area contributed by atoms with Crippen LogP contribution in [-0.4, -0.2) is 28.8 Å². The molecule has 0 aliphatic carbocycles. The summed E-state index contributed by atoms with van der Waals surface area (Å²) in [5.41, 5.74) is 2.45. The van der Waals surface area contributed by atoms with E-state index in [0.29, 0.717) is 16.5 Å². The summed E-state index contributed by atoms with van der Waals surface area (Å²) in [5, 5.41) is 11.2. The first-order valence-corrected chi connectivity index (χ1v) is 8.98. The zero-order valence-electron chi connectivity index (χ0n) is 14.6. The number of hydrogen-bond acceptors (Lipinski definition) is 3. The molecule has 0 bridgehead atoms. The zero-order valence-corrected chi connectivity index (χ0v) is 15.3. The highest BCUT2D eigenvalue weighted by atomic mass is 35.5. The predicted octanol–water partition coefficient (Wildman–Crippen LogP) is 4.13. The van der Waals surface area contributed by atoms with Gasteiger partial charge < -0.3 is 10.6 Å². The summed E-state index contributed by atoms with van der Waals surface area (Å²) in [6, 6.07) is 19.1. The summed E-state index contributed by atoms with van der Waals surface area (Å²) in [5.74, 6) is 0.464. The molecule has 6 heteroatoms. The first-order valence-electron chi connectivity index (χ1n) is 8.60. The van der Waals surface area contributed by atoms with E-state index >= 15 is 0 Å². The van der Waals surface area contributed by atoms with E-state index in [9.17, 15) is 4.79 Å². The van der Waals surface area contributed by atoms with Crippen molar-refractivity contribution in [1.82, 2.24) is 15.1 Å². The van der Waals surface area contributed by atoms with Crippen LogP contribution < -0.4 is 10.6 Å². The van der Waals surface area contributed by atoms with Gasteiger partial charge in [-0.05, 0) is 25.1 Å². The monoisotopic (exact) mass is 368 g/mol. The quantitative estimate of drug-likeness (QED) is 0.616. The molecule has 3 rings (SSSR count). The van der Waals surface area contributed by atoms with Gasteiger partial charge in [-0.25, -0.2) is 4.68 Å². The van der Waals surface area contributed by atoms with E-state index in [1.807, 2.05) is 54.6 Å². The topological polar surface area (TPSA) is 59.0 Å². The number of carbonyl (C=O) groups is 1. The molecule has 2 N–H and O–H groups in total. The predicted molar refractivity (Wildman–Crippen MR) is 106 cm³/mol. The van der Waals surface area contributed by atoms with Crippen molar-refractivity contribution in [3.8, 4) is 16.9 Å². The lowest BCUT2D eigenvalue weighted by Gasteiger charge is -2.10. The molecular weight excluding hydrogens is 348 g/mol. The Labute approximate surface area is 158 Å². The molecule has 0 spiro atoms. The van der Waals surface area contributed by atoms with Crippen LogP contribution in [0.4, 0.5) is 5.82 Å². The van der Waals surface area contributed by atoms with Crippen molar-refractivity contribution in [1.29, 1.82) is 0 Å². The molecule has 0 saturated heterocycles. The maximum atomic E-state index is 12.3. The molecule has 26 heavy (non-hydrogen) atoms. The van der Waals surface area contributed by atoms with Gasteiger partial charge in [-0.3, -0.25) is 4.79 Å². The molecule has 0 fully saturated rings. The van der Waals surface area contributed by atoms with Gasteiger partial charge in [0.05, 0.1) is 22.9 Å². The Bertz CT molecular complexity index is 877. The Morgan fingerprint density at radius 1 is 1.12 bits per heavy atom. The van der Waals surface area contributed by atoms with Crippen LogP contribution in [0.25, 0.3) is 16.9 Å². The molecule has 0 atom stereocenters. The van der Waals surface area contributed by atoms with Crippen LogP contribution in [0, 0.1) is 0 Å². The number of halogens is 1. The molecule has 0 aliphatic rings. The third-order valence-corrected chi connectivity index (χ3v) is 4.16. The fourth-order valence-electron chi connectivity index (χ4n) is 2.59. The Morgan fingerprint density at radius 2 is 1.85 bits per heavy atom. The number of hydrogen-bond donors (Lipinski definition) is 2. The molecule has 2 aromatic carbocycles. The van der Waals surface area contributed by atoms with Gasteiger partial charge in [-0.1, -0.05) is 61.0 Å². The van der Waals surface area contributed by atoms with Gasteiger partial charge in [-0.2, -0.15) is 5.10 Å². The van der Waals surface area contributed by atoms with Crippen LogP contribution >= 0.6 is 11.6 Å². The number of para-hydroxylation sites is 1. The zero-order chi connectivity index (χ0) is 18.4. The smallest absolute Gasteiger partial charge is 0.239 e. The fraction of sp³-hybridized carbons (Fsp3) is 0.200. The highest BCUT2D eigenvalue weighted by molar-refractivity contribution is 6.32. The van der Waals surface area contributed by atoms with E-state index in [4.69, 9.17) is 11.6 Å². The van der Waals surface area contributed by atoms with Crippen molar-refractivity contribution in [2.75, 3.05) is 18.4 Å². The van der Waals surface area contributed by atoms with Crippen molar-refractivity contribution in [2.24, 2.45) is 0 Å². The Hall–Kier alpha value is -2.63. The standard InChI is InChI=1S/C20H21ClN4O/c1-2-12-22-14-20(26)23-19-13-17(15-8-4-3-5-9-15)24-25(19)18-11-7-6-10-16(18)21/h3-11,13,22H,2,12,14H2,1H3,(H,23,26). The number of nitrogens with zero attached hydrogens (tertiary/aromatic N) is 2. The lowest BCUT2D eigenvalue weighted by atomic mass is 10.2. The maximum Gasteiger partial charge on any atom is 0.239 e. The second-order valence-corrected chi connectivity index (χ2v) is 6.28. The Morgan fingerprint density at radius 3 is 2.58 bits per heavy atom. The van der Waals surface area contributed by atoms with Crippen molar-refractivity contribution < 1.29 is 4.79 Å². The Balaban J connectivity index is 1.94. The summed E-state index contributed by atoms with van der Waals surface area (Å²) >= 11 is 6.34. The lowest BCUT2D eigenvalue weighted by molar-refractivity contribution is -0.115. The number of carbonyl (C=O) groups excluding carboxylic acids is 1. The van der Waals surface area contributed by atoms with Crippen LogP contribution in [0.5, 0.6) is 0 Å². The minimum atomic E-state index is -0.119. The van der Waals surface area contributed by atoms with Crippen LogP contribution in [0.1, 0.15) is 13.3 Å². The van der Waals surface area contributed by atoms with E-state index in [-0.39, 0.29) is 12.5 Å². The molecule has 3 aromatic rings. The average molecular weight is 369 g/mol. The molecule has 0 aliphatic heterocycles. The first kappa shape index (κ1) is 18.2. The number of anilines is 1. The third kappa shape index (κ3) is 4.31. The summed E-state index contributed by atoms with van der Waals surface area (Å²) < 4.78 is 1.67. The number of nitrogens with one attached hydrogen (secondary N) is 2.